The Kier molecular flexibility index (Phi) is 8.10. The number of nitrogens with zero attached hydrogens (tertiary/aromatic N) is 1. The zero-order valence-electron chi connectivity index (χ0n) is 16.6. The summed E-state index contributed by atoms with van der Waals surface area (Å²) < 4.78 is 34.3. The van der Waals surface area contributed by atoms with Crippen molar-refractivity contribution in [3.63, 3.8) is 0 Å². The summed E-state index contributed by atoms with van der Waals surface area (Å²) in [7, 11) is 1.37. The number of thioether (sulfide) groups is 1. The van der Waals surface area contributed by atoms with E-state index in [1.54, 1.807) is 12.1 Å². The number of para-hydroxylation sites is 1. The second kappa shape index (κ2) is 11.0. The lowest BCUT2D eigenvalue weighted by Crippen LogP contribution is -2.32. The summed E-state index contributed by atoms with van der Waals surface area (Å²) in [5, 5.41) is 2.92. The van der Waals surface area contributed by atoms with Crippen LogP contribution in [0.1, 0.15) is 11.1 Å². The molecule has 2 aromatic rings. The van der Waals surface area contributed by atoms with Crippen LogP contribution in [-0.4, -0.2) is 49.1 Å². The van der Waals surface area contributed by atoms with Crippen molar-refractivity contribution in [2.75, 3.05) is 37.0 Å². The van der Waals surface area contributed by atoms with E-state index in [0.717, 1.165) is 42.4 Å². The zero-order valence-corrected chi connectivity index (χ0v) is 17.5. The van der Waals surface area contributed by atoms with Crippen LogP contribution in [0.5, 0.6) is 11.5 Å². The number of carbonyl (C=O) groups is 1. The summed E-state index contributed by atoms with van der Waals surface area (Å²) in [6, 6.07) is 12.3. The van der Waals surface area contributed by atoms with Gasteiger partial charge in [0, 0.05) is 42.9 Å². The molecule has 2 aromatic carbocycles. The van der Waals surface area contributed by atoms with Gasteiger partial charge in [0.25, 0.3) is 0 Å². The van der Waals surface area contributed by atoms with Gasteiger partial charge in [0.2, 0.25) is 5.91 Å². The molecule has 1 fully saturated rings. The summed E-state index contributed by atoms with van der Waals surface area (Å²) >= 11 is 1.96. The second-order valence-electron chi connectivity index (χ2n) is 6.66. The van der Waals surface area contributed by atoms with E-state index in [1.165, 1.54) is 25.3 Å². The Hall–Kier alpha value is -2.58. The number of alkyl halides is 2. The largest absolute Gasteiger partial charge is 0.493 e. The summed E-state index contributed by atoms with van der Waals surface area (Å²) in [4.78, 5) is 14.8. The molecule has 0 atom stereocenters. The van der Waals surface area contributed by atoms with Crippen LogP contribution in [0, 0.1) is 0 Å². The molecule has 0 bridgehead atoms. The molecule has 1 saturated heterocycles. The fourth-order valence-electron chi connectivity index (χ4n) is 3.11. The monoisotopic (exact) mass is 434 g/mol. The Balaban J connectivity index is 1.65. The highest BCUT2D eigenvalue weighted by Crippen LogP contribution is 2.30. The quantitative estimate of drug-likeness (QED) is 0.620. The third-order valence-electron chi connectivity index (χ3n) is 4.60. The molecule has 0 radical (unpaired) electrons. The number of amides is 1. The average Bonchev–Trinajstić information content (AvgIpc) is 2.75. The van der Waals surface area contributed by atoms with Crippen molar-refractivity contribution in [2.24, 2.45) is 0 Å². The first-order chi connectivity index (χ1) is 14.5. The number of hydrogen-bond acceptors (Lipinski definition) is 5. The van der Waals surface area contributed by atoms with Gasteiger partial charge in [0.1, 0.15) is 0 Å². The lowest BCUT2D eigenvalue weighted by molar-refractivity contribution is -0.111. The van der Waals surface area contributed by atoms with Crippen LogP contribution in [0.3, 0.4) is 0 Å². The number of methoxy groups -OCH3 is 1. The normalized spacial score (nSPS) is 14.8. The van der Waals surface area contributed by atoms with Gasteiger partial charge < -0.3 is 14.8 Å². The molecular formula is C22H24F2N2O3S. The molecule has 1 heterocycles. The minimum absolute atomic E-state index is 0.0564. The number of anilines is 1. The van der Waals surface area contributed by atoms with Crippen LogP contribution < -0.4 is 14.8 Å². The predicted molar refractivity (Wildman–Crippen MR) is 116 cm³/mol. The maximum Gasteiger partial charge on any atom is 0.387 e. The number of carbonyl (C=O) groups excluding carboxylic acids is 1. The van der Waals surface area contributed by atoms with Gasteiger partial charge in [-0.25, -0.2) is 0 Å². The summed E-state index contributed by atoms with van der Waals surface area (Å²) in [5.41, 5.74) is 2.48. The van der Waals surface area contributed by atoms with Crippen molar-refractivity contribution < 1.29 is 23.0 Å². The van der Waals surface area contributed by atoms with Crippen molar-refractivity contribution in [1.82, 2.24) is 4.90 Å². The van der Waals surface area contributed by atoms with Gasteiger partial charge in [0.05, 0.1) is 7.11 Å². The Morgan fingerprint density at radius 1 is 1.20 bits per heavy atom. The van der Waals surface area contributed by atoms with Crippen LogP contribution >= 0.6 is 11.8 Å². The van der Waals surface area contributed by atoms with Gasteiger partial charge in [-0.15, -0.1) is 0 Å². The van der Waals surface area contributed by atoms with Crippen molar-refractivity contribution in [3.05, 3.63) is 59.7 Å². The molecule has 0 aromatic heterocycles. The Morgan fingerprint density at radius 3 is 2.70 bits per heavy atom. The number of benzene rings is 2. The molecule has 8 heteroatoms. The van der Waals surface area contributed by atoms with Gasteiger partial charge >= 0.3 is 6.61 Å². The standard InChI is InChI=1S/C22H24F2N2O3S/c1-28-20-14-16(6-8-19(20)29-22(23)24)7-9-21(27)25-18-5-3-2-4-17(18)15-26-10-12-30-13-11-26/h2-9,14,22H,10-13,15H2,1H3,(H,25,27)/b9-7+. The van der Waals surface area contributed by atoms with Crippen LogP contribution in [0.25, 0.3) is 6.08 Å². The zero-order chi connectivity index (χ0) is 21.3. The van der Waals surface area contributed by atoms with Crippen molar-refractivity contribution in [1.29, 1.82) is 0 Å². The third-order valence-corrected chi connectivity index (χ3v) is 5.55. The highest BCUT2D eigenvalue weighted by Gasteiger charge is 2.13. The minimum atomic E-state index is -2.94. The maximum absolute atomic E-state index is 12.4. The lowest BCUT2D eigenvalue weighted by atomic mass is 10.1. The highest BCUT2D eigenvalue weighted by atomic mass is 32.2. The second-order valence-corrected chi connectivity index (χ2v) is 7.88. The number of ether oxygens (including phenoxy) is 2. The fourth-order valence-corrected chi connectivity index (χ4v) is 4.09. The molecule has 1 aliphatic heterocycles. The molecule has 0 saturated carbocycles. The van der Waals surface area contributed by atoms with Gasteiger partial charge in [-0.05, 0) is 35.4 Å². The summed E-state index contributed by atoms with van der Waals surface area (Å²) in [6.45, 7) is -0.0569. The summed E-state index contributed by atoms with van der Waals surface area (Å²) in [6.07, 6.45) is 2.99. The number of hydrogen-bond donors (Lipinski definition) is 1. The van der Waals surface area contributed by atoms with E-state index in [-0.39, 0.29) is 17.4 Å². The first-order valence-corrected chi connectivity index (χ1v) is 10.7. The molecule has 0 spiro atoms. The molecule has 0 aliphatic carbocycles. The molecular weight excluding hydrogens is 410 g/mol. The number of halogens is 2. The van der Waals surface area contributed by atoms with Crippen molar-refractivity contribution in [3.8, 4) is 11.5 Å². The van der Waals surface area contributed by atoms with Crippen molar-refractivity contribution >= 4 is 29.4 Å². The van der Waals surface area contributed by atoms with Gasteiger partial charge in [-0.2, -0.15) is 20.5 Å². The van der Waals surface area contributed by atoms with E-state index in [4.69, 9.17) is 4.74 Å². The van der Waals surface area contributed by atoms with E-state index in [9.17, 15) is 13.6 Å². The average molecular weight is 435 g/mol. The van der Waals surface area contributed by atoms with Crippen LogP contribution in [0.4, 0.5) is 14.5 Å². The molecule has 1 N–H and O–H groups in total. The van der Waals surface area contributed by atoms with Gasteiger partial charge in [0.15, 0.2) is 11.5 Å². The summed E-state index contributed by atoms with van der Waals surface area (Å²) in [5.74, 6) is 2.09. The van der Waals surface area contributed by atoms with E-state index in [2.05, 4.69) is 15.0 Å². The topological polar surface area (TPSA) is 50.8 Å². The minimum Gasteiger partial charge on any atom is -0.493 e. The Morgan fingerprint density at radius 2 is 1.97 bits per heavy atom. The van der Waals surface area contributed by atoms with E-state index < -0.39 is 6.61 Å². The van der Waals surface area contributed by atoms with Gasteiger partial charge in [-0.1, -0.05) is 24.3 Å². The van der Waals surface area contributed by atoms with Crippen LogP contribution in [0.2, 0.25) is 0 Å². The fraction of sp³-hybridized carbons (Fsp3) is 0.318. The number of rotatable bonds is 8. The number of nitrogens with one attached hydrogen (secondary N) is 1. The van der Waals surface area contributed by atoms with Crippen molar-refractivity contribution in [2.45, 2.75) is 13.2 Å². The van der Waals surface area contributed by atoms with Gasteiger partial charge in [-0.3, -0.25) is 9.69 Å². The molecule has 5 nitrogen and oxygen atoms in total. The third kappa shape index (κ3) is 6.47. The molecule has 1 aliphatic rings. The molecule has 160 valence electrons. The molecule has 1 amide bonds. The Bertz CT molecular complexity index is 886. The molecule has 0 unspecified atom stereocenters. The van der Waals surface area contributed by atoms with E-state index in [0.29, 0.717) is 5.56 Å². The first kappa shape index (κ1) is 22.1. The predicted octanol–water partition coefficient (Wildman–Crippen LogP) is 4.50. The molecule has 30 heavy (non-hydrogen) atoms. The molecule has 3 rings (SSSR count). The van der Waals surface area contributed by atoms with E-state index >= 15 is 0 Å². The first-order valence-electron chi connectivity index (χ1n) is 9.55. The van der Waals surface area contributed by atoms with Crippen LogP contribution in [0.15, 0.2) is 48.5 Å². The highest BCUT2D eigenvalue weighted by molar-refractivity contribution is 7.99. The Labute approximate surface area is 179 Å². The lowest BCUT2D eigenvalue weighted by Gasteiger charge is -2.27. The SMILES string of the molecule is COc1cc(/C=C/C(=O)Nc2ccccc2CN2CCSCC2)ccc1OC(F)F. The van der Waals surface area contributed by atoms with E-state index in [1.807, 2.05) is 36.0 Å². The maximum atomic E-state index is 12.4. The smallest absolute Gasteiger partial charge is 0.387 e. The van der Waals surface area contributed by atoms with Crippen LogP contribution in [-0.2, 0) is 11.3 Å².